The van der Waals surface area contributed by atoms with Crippen molar-refractivity contribution in [2.45, 2.75) is 6.92 Å². The molecule has 9 heavy (non-hydrogen) atoms. The van der Waals surface area contributed by atoms with Crippen LogP contribution >= 0.6 is 0 Å². The van der Waals surface area contributed by atoms with Gasteiger partial charge >= 0.3 is 0 Å². The third-order valence-corrected chi connectivity index (χ3v) is 0.668. The molecule has 0 unspecified atom stereocenters. The number of rotatable bonds is 4. The maximum atomic E-state index is 10.5. The summed E-state index contributed by atoms with van der Waals surface area (Å²) in [6.07, 6.45) is 0. The molecular formula is C5H12N2O2. The average Bonchev–Trinajstić information content (AvgIpc) is 1.85. The van der Waals surface area contributed by atoms with E-state index in [1.165, 1.54) is 0 Å². The van der Waals surface area contributed by atoms with Crippen molar-refractivity contribution in [2.75, 3.05) is 20.2 Å². The fourth-order valence-electron chi connectivity index (χ4n) is 0.349. The summed E-state index contributed by atoms with van der Waals surface area (Å²) in [6.45, 7) is 2.59. The topological polar surface area (TPSA) is 50.4 Å². The highest BCUT2D eigenvalue weighted by atomic mass is 16.6. The Morgan fingerprint density at radius 1 is 1.67 bits per heavy atom. The first-order chi connectivity index (χ1) is 4.31. The van der Waals surface area contributed by atoms with Crippen LogP contribution in [0.4, 0.5) is 0 Å². The van der Waals surface area contributed by atoms with Crippen LogP contribution in [0.25, 0.3) is 0 Å². The molecule has 0 saturated heterocycles. The number of hydrogen-bond acceptors (Lipinski definition) is 3. The molecule has 54 valence electrons. The van der Waals surface area contributed by atoms with Crippen molar-refractivity contribution < 1.29 is 9.63 Å². The third kappa shape index (κ3) is 5.26. The molecule has 4 nitrogen and oxygen atoms in total. The van der Waals surface area contributed by atoms with E-state index in [0.717, 1.165) is 0 Å². The number of carbonyl (C=O) groups excluding carboxylic acids is 1. The van der Waals surface area contributed by atoms with Crippen LogP contribution in [0.2, 0.25) is 0 Å². The standard InChI is InChI=1S/C5H12N2O2/c1-3-9-7-5(8)4-6-2/h6H,3-4H2,1-2H3,(H,7,8). The van der Waals surface area contributed by atoms with Crippen molar-refractivity contribution >= 4 is 5.91 Å². The van der Waals surface area contributed by atoms with Gasteiger partial charge in [0.1, 0.15) is 0 Å². The van der Waals surface area contributed by atoms with E-state index >= 15 is 0 Å². The fraction of sp³-hybridized carbons (Fsp3) is 0.800. The lowest BCUT2D eigenvalue weighted by Crippen LogP contribution is -2.32. The molecule has 0 bridgehead atoms. The minimum Gasteiger partial charge on any atom is -0.311 e. The molecule has 4 heteroatoms. The van der Waals surface area contributed by atoms with Crippen LogP contribution in [0, 0.1) is 0 Å². The lowest BCUT2D eigenvalue weighted by molar-refractivity contribution is -0.132. The van der Waals surface area contributed by atoms with Crippen LogP contribution in [0.5, 0.6) is 0 Å². The zero-order valence-electron chi connectivity index (χ0n) is 5.73. The molecular weight excluding hydrogens is 120 g/mol. The molecule has 0 radical (unpaired) electrons. The van der Waals surface area contributed by atoms with E-state index in [1.807, 2.05) is 0 Å². The summed E-state index contributed by atoms with van der Waals surface area (Å²) in [5.41, 5.74) is 2.23. The van der Waals surface area contributed by atoms with Gasteiger partial charge in [-0.3, -0.25) is 9.63 Å². The maximum Gasteiger partial charge on any atom is 0.257 e. The summed E-state index contributed by atoms with van der Waals surface area (Å²) in [5, 5.41) is 2.68. The summed E-state index contributed by atoms with van der Waals surface area (Å²) in [5.74, 6) is -0.153. The number of likely N-dealkylation sites (N-methyl/N-ethyl adjacent to an activating group) is 1. The maximum absolute atomic E-state index is 10.5. The Morgan fingerprint density at radius 2 is 2.33 bits per heavy atom. The molecule has 0 aromatic carbocycles. The SMILES string of the molecule is CCONC(=O)CNC. The molecule has 0 fully saturated rings. The lowest BCUT2D eigenvalue weighted by Gasteiger charge is -2.00. The molecule has 0 aromatic rings. The Bertz CT molecular complexity index is 85.0. The lowest BCUT2D eigenvalue weighted by atomic mass is 10.6. The van der Waals surface area contributed by atoms with Crippen molar-refractivity contribution in [2.24, 2.45) is 0 Å². The van der Waals surface area contributed by atoms with Gasteiger partial charge in [-0.2, -0.15) is 0 Å². The largest absolute Gasteiger partial charge is 0.311 e. The molecule has 2 N–H and O–H groups in total. The molecule has 0 aliphatic rings. The fourth-order valence-corrected chi connectivity index (χ4v) is 0.349. The van der Waals surface area contributed by atoms with Gasteiger partial charge in [0.2, 0.25) is 0 Å². The monoisotopic (exact) mass is 132 g/mol. The number of hydroxylamine groups is 1. The van der Waals surface area contributed by atoms with E-state index in [-0.39, 0.29) is 5.91 Å². The van der Waals surface area contributed by atoms with Crippen LogP contribution in [0.3, 0.4) is 0 Å². The summed E-state index contributed by atoms with van der Waals surface area (Å²) in [6, 6.07) is 0. The van der Waals surface area contributed by atoms with Crippen molar-refractivity contribution in [3.8, 4) is 0 Å². The van der Waals surface area contributed by atoms with Crippen LogP contribution in [0.1, 0.15) is 6.92 Å². The summed E-state index contributed by atoms with van der Waals surface area (Å²) in [7, 11) is 1.70. The first-order valence-electron chi connectivity index (χ1n) is 2.86. The van der Waals surface area contributed by atoms with E-state index in [4.69, 9.17) is 0 Å². The molecule has 0 spiro atoms. The minimum absolute atomic E-state index is 0.153. The summed E-state index contributed by atoms with van der Waals surface area (Å²) in [4.78, 5) is 15.1. The molecule has 0 atom stereocenters. The van der Waals surface area contributed by atoms with Gasteiger partial charge < -0.3 is 5.32 Å². The van der Waals surface area contributed by atoms with Gasteiger partial charge in [-0.25, -0.2) is 5.48 Å². The first-order valence-corrected chi connectivity index (χ1v) is 2.86. The van der Waals surface area contributed by atoms with Gasteiger partial charge in [-0.1, -0.05) is 0 Å². The quantitative estimate of drug-likeness (QED) is 0.496. The molecule has 0 saturated carbocycles. The molecule has 0 aliphatic carbocycles. The predicted molar refractivity (Wildman–Crippen MR) is 33.7 cm³/mol. The van der Waals surface area contributed by atoms with E-state index in [2.05, 4.69) is 15.6 Å². The number of nitrogens with one attached hydrogen (secondary N) is 2. The van der Waals surface area contributed by atoms with E-state index in [1.54, 1.807) is 14.0 Å². The molecule has 1 amide bonds. The predicted octanol–water partition coefficient (Wildman–Crippen LogP) is -0.726. The smallest absolute Gasteiger partial charge is 0.257 e. The summed E-state index contributed by atoms with van der Waals surface area (Å²) < 4.78 is 0. The highest BCUT2D eigenvalue weighted by Crippen LogP contribution is 1.64. The highest BCUT2D eigenvalue weighted by molar-refractivity contribution is 5.76. The van der Waals surface area contributed by atoms with E-state index in [0.29, 0.717) is 13.2 Å². The second-order valence-corrected chi connectivity index (χ2v) is 1.49. The van der Waals surface area contributed by atoms with Crippen LogP contribution in [0.15, 0.2) is 0 Å². The summed E-state index contributed by atoms with van der Waals surface area (Å²) >= 11 is 0. The van der Waals surface area contributed by atoms with Gasteiger partial charge in [0.05, 0.1) is 13.2 Å². The van der Waals surface area contributed by atoms with Gasteiger partial charge in [0.15, 0.2) is 0 Å². The third-order valence-electron chi connectivity index (χ3n) is 0.668. The Morgan fingerprint density at radius 3 is 2.78 bits per heavy atom. The number of carbonyl (C=O) groups is 1. The van der Waals surface area contributed by atoms with Crippen LogP contribution in [-0.2, 0) is 9.63 Å². The average molecular weight is 132 g/mol. The molecule has 0 rings (SSSR count). The highest BCUT2D eigenvalue weighted by Gasteiger charge is 1.94. The second kappa shape index (κ2) is 5.53. The Hall–Kier alpha value is -0.610. The molecule has 0 aromatic heterocycles. The molecule has 0 heterocycles. The van der Waals surface area contributed by atoms with Crippen molar-refractivity contribution in [3.63, 3.8) is 0 Å². The van der Waals surface area contributed by atoms with Crippen molar-refractivity contribution in [3.05, 3.63) is 0 Å². The zero-order valence-corrected chi connectivity index (χ0v) is 5.73. The van der Waals surface area contributed by atoms with Crippen LogP contribution < -0.4 is 10.8 Å². The Kier molecular flexibility index (Phi) is 5.15. The van der Waals surface area contributed by atoms with Gasteiger partial charge in [-0.05, 0) is 14.0 Å². The number of amides is 1. The molecule has 0 aliphatic heterocycles. The number of hydrogen-bond donors (Lipinski definition) is 2. The van der Waals surface area contributed by atoms with E-state index in [9.17, 15) is 4.79 Å². The van der Waals surface area contributed by atoms with E-state index < -0.39 is 0 Å². The Balaban J connectivity index is 3.06. The van der Waals surface area contributed by atoms with Crippen molar-refractivity contribution in [1.82, 2.24) is 10.8 Å². The Labute approximate surface area is 54.5 Å². The van der Waals surface area contributed by atoms with Crippen molar-refractivity contribution in [1.29, 1.82) is 0 Å². The zero-order chi connectivity index (χ0) is 7.11. The van der Waals surface area contributed by atoms with Gasteiger partial charge in [0, 0.05) is 0 Å². The minimum atomic E-state index is -0.153. The van der Waals surface area contributed by atoms with Gasteiger partial charge in [-0.15, -0.1) is 0 Å². The van der Waals surface area contributed by atoms with Gasteiger partial charge in [0.25, 0.3) is 5.91 Å². The second-order valence-electron chi connectivity index (χ2n) is 1.49. The normalized spacial score (nSPS) is 9.11. The van der Waals surface area contributed by atoms with Crippen LogP contribution in [-0.4, -0.2) is 26.1 Å². The first kappa shape index (κ1) is 8.39.